The zero-order valence-electron chi connectivity index (χ0n) is 15.7. The molecule has 136 valence electrons. The van der Waals surface area contributed by atoms with Gasteiger partial charge in [-0.15, -0.1) is 0 Å². The van der Waals surface area contributed by atoms with Crippen LogP contribution in [0, 0.1) is 11.8 Å². The molecule has 1 saturated heterocycles. The number of carbonyl (C=O) groups is 2. The van der Waals surface area contributed by atoms with E-state index in [9.17, 15) is 14.7 Å². The Morgan fingerprint density at radius 2 is 2.12 bits per heavy atom. The molecule has 0 unspecified atom stereocenters. The Morgan fingerprint density at radius 3 is 2.62 bits per heavy atom. The zero-order chi connectivity index (χ0) is 18.4. The Bertz CT molecular complexity index is 502. The molecule has 0 saturated carbocycles. The second-order valence-electron chi connectivity index (χ2n) is 7.76. The van der Waals surface area contributed by atoms with Gasteiger partial charge in [-0.3, -0.25) is 4.79 Å². The highest BCUT2D eigenvalue weighted by atomic mass is 16.6. The fourth-order valence-corrected chi connectivity index (χ4v) is 2.80. The minimum absolute atomic E-state index is 0.168. The maximum absolute atomic E-state index is 11.2. The average molecular weight is 336 g/mol. The van der Waals surface area contributed by atoms with E-state index in [4.69, 9.17) is 4.74 Å². The van der Waals surface area contributed by atoms with Crippen molar-refractivity contribution >= 4 is 11.8 Å². The number of ether oxygens (including phenoxy) is 1. The average Bonchev–Trinajstić information content (AvgIpc) is 2.77. The molecule has 0 aromatic rings. The van der Waals surface area contributed by atoms with Crippen molar-refractivity contribution in [3.05, 3.63) is 24.3 Å². The Balaban J connectivity index is 2.59. The molecule has 0 radical (unpaired) electrons. The summed E-state index contributed by atoms with van der Waals surface area (Å²) < 4.78 is 5.29. The Morgan fingerprint density at radius 1 is 1.46 bits per heavy atom. The first kappa shape index (κ1) is 20.6. The highest BCUT2D eigenvalue weighted by molar-refractivity contribution is 5.75. The summed E-state index contributed by atoms with van der Waals surface area (Å²) in [6.07, 6.45) is 10.6. The molecule has 0 bridgehead atoms. The fraction of sp³-hybridized carbons (Fsp3) is 0.700. The largest absolute Gasteiger partial charge is 0.455 e. The number of esters is 1. The van der Waals surface area contributed by atoms with E-state index in [2.05, 4.69) is 13.8 Å². The highest BCUT2D eigenvalue weighted by Gasteiger charge is 2.33. The van der Waals surface area contributed by atoms with Gasteiger partial charge >= 0.3 is 5.97 Å². The van der Waals surface area contributed by atoms with Crippen LogP contribution >= 0.6 is 0 Å². The van der Waals surface area contributed by atoms with E-state index in [0.29, 0.717) is 31.6 Å². The Kier molecular flexibility index (Phi) is 7.40. The third kappa shape index (κ3) is 7.43. The minimum Gasteiger partial charge on any atom is -0.455 e. The third-order valence-electron chi connectivity index (χ3n) is 4.56. The predicted molar refractivity (Wildman–Crippen MR) is 95.5 cm³/mol. The number of aliphatic hydroxyl groups is 1. The molecule has 1 rings (SSSR count). The summed E-state index contributed by atoms with van der Waals surface area (Å²) in [5.74, 6) is 0.726. The van der Waals surface area contributed by atoms with Crippen LogP contribution < -0.4 is 0 Å². The lowest BCUT2D eigenvalue weighted by Gasteiger charge is -2.22. The molecule has 1 aliphatic rings. The number of hydrogen-bond donors (Lipinski definition) is 1. The molecular formula is C20H32O4. The van der Waals surface area contributed by atoms with Gasteiger partial charge in [0.25, 0.3) is 0 Å². The first-order valence-electron chi connectivity index (χ1n) is 8.84. The van der Waals surface area contributed by atoms with Crippen molar-refractivity contribution in [1.29, 1.82) is 0 Å². The van der Waals surface area contributed by atoms with Gasteiger partial charge in [0.15, 0.2) is 0 Å². The lowest BCUT2D eigenvalue weighted by atomic mass is 9.88. The van der Waals surface area contributed by atoms with Crippen LogP contribution in [-0.4, -0.2) is 28.1 Å². The Hall–Kier alpha value is -1.42. The number of ketones is 1. The summed E-state index contributed by atoms with van der Waals surface area (Å²) in [7, 11) is 0. The SMILES string of the molecule is CC(=O)CC[C@H](/C=C/[C@](C)(O)C/C=C/[C@]1(C)CCC(=O)O1)C(C)C. The van der Waals surface area contributed by atoms with Gasteiger partial charge in [-0.25, -0.2) is 0 Å². The monoisotopic (exact) mass is 336 g/mol. The standard InChI is InChI=1S/C20H32O4/c1-15(2)17(8-7-16(3)21)9-13-19(4,23)11-6-12-20(5)14-10-18(22)24-20/h6,9,12-13,15,17,23H,7-8,10-11,14H2,1-5H3/b12-6+,13-9+/t17-,19-,20-/m1/s1. The smallest absolute Gasteiger partial charge is 0.306 e. The molecule has 0 aromatic carbocycles. The van der Waals surface area contributed by atoms with Gasteiger partial charge in [0, 0.05) is 19.3 Å². The maximum Gasteiger partial charge on any atom is 0.306 e. The van der Waals surface area contributed by atoms with Crippen LogP contribution in [0.1, 0.15) is 66.7 Å². The molecule has 1 aliphatic heterocycles. The highest BCUT2D eigenvalue weighted by Crippen LogP contribution is 2.28. The van der Waals surface area contributed by atoms with Crippen LogP contribution in [0.5, 0.6) is 0 Å². The van der Waals surface area contributed by atoms with Crippen molar-refractivity contribution in [2.24, 2.45) is 11.8 Å². The second-order valence-corrected chi connectivity index (χ2v) is 7.76. The summed E-state index contributed by atoms with van der Waals surface area (Å²) in [6.45, 7) is 9.51. The van der Waals surface area contributed by atoms with Crippen LogP contribution in [0.25, 0.3) is 0 Å². The lowest BCUT2D eigenvalue weighted by Crippen LogP contribution is -2.23. The lowest BCUT2D eigenvalue weighted by molar-refractivity contribution is -0.144. The number of carbonyl (C=O) groups excluding carboxylic acids is 2. The number of hydrogen-bond acceptors (Lipinski definition) is 4. The van der Waals surface area contributed by atoms with E-state index in [1.807, 2.05) is 31.2 Å². The molecular weight excluding hydrogens is 304 g/mol. The summed E-state index contributed by atoms with van der Waals surface area (Å²) in [6, 6.07) is 0. The molecule has 3 atom stereocenters. The molecule has 0 amide bonds. The molecule has 24 heavy (non-hydrogen) atoms. The number of allylic oxidation sites excluding steroid dienone is 1. The molecule has 1 N–H and O–H groups in total. The maximum atomic E-state index is 11.2. The molecule has 1 heterocycles. The summed E-state index contributed by atoms with van der Waals surface area (Å²) in [5.41, 5.74) is -1.50. The van der Waals surface area contributed by atoms with Crippen molar-refractivity contribution in [2.45, 2.75) is 77.9 Å². The van der Waals surface area contributed by atoms with Crippen LogP contribution in [0.3, 0.4) is 0 Å². The van der Waals surface area contributed by atoms with E-state index in [1.165, 1.54) is 0 Å². The van der Waals surface area contributed by atoms with Gasteiger partial charge < -0.3 is 14.6 Å². The van der Waals surface area contributed by atoms with Crippen molar-refractivity contribution in [1.82, 2.24) is 0 Å². The van der Waals surface area contributed by atoms with E-state index in [0.717, 1.165) is 6.42 Å². The van der Waals surface area contributed by atoms with E-state index in [1.54, 1.807) is 13.8 Å². The summed E-state index contributed by atoms with van der Waals surface area (Å²) >= 11 is 0. The third-order valence-corrected chi connectivity index (χ3v) is 4.56. The molecule has 4 heteroatoms. The predicted octanol–water partition coefficient (Wildman–Crippen LogP) is 3.98. The topological polar surface area (TPSA) is 63.6 Å². The van der Waals surface area contributed by atoms with Crippen molar-refractivity contribution < 1.29 is 19.4 Å². The molecule has 0 aliphatic carbocycles. The van der Waals surface area contributed by atoms with Gasteiger partial charge in [0.2, 0.25) is 0 Å². The van der Waals surface area contributed by atoms with Crippen molar-refractivity contribution in [3.63, 3.8) is 0 Å². The van der Waals surface area contributed by atoms with Gasteiger partial charge in [0.05, 0.1) is 5.60 Å². The van der Waals surface area contributed by atoms with Crippen LogP contribution in [0.2, 0.25) is 0 Å². The molecule has 4 nitrogen and oxygen atoms in total. The van der Waals surface area contributed by atoms with Crippen molar-refractivity contribution in [3.8, 4) is 0 Å². The van der Waals surface area contributed by atoms with E-state index >= 15 is 0 Å². The fourth-order valence-electron chi connectivity index (χ4n) is 2.80. The first-order valence-corrected chi connectivity index (χ1v) is 8.84. The first-order chi connectivity index (χ1) is 11.0. The summed E-state index contributed by atoms with van der Waals surface area (Å²) in [4.78, 5) is 22.4. The van der Waals surface area contributed by atoms with Gasteiger partial charge in [0.1, 0.15) is 11.4 Å². The molecule has 0 aromatic heterocycles. The normalized spacial score (nSPS) is 25.4. The van der Waals surface area contributed by atoms with Crippen molar-refractivity contribution in [2.75, 3.05) is 0 Å². The Labute approximate surface area is 146 Å². The number of cyclic esters (lactones) is 1. The second kappa shape index (κ2) is 8.61. The zero-order valence-corrected chi connectivity index (χ0v) is 15.7. The molecule has 0 spiro atoms. The number of Topliss-reactive ketones (excluding diaryl/α,β-unsaturated/α-hetero) is 1. The van der Waals surface area contributed by atoms with Gasteiger partial charge in [-0.2, -0.15) is 0 Å². The minimum atomic E-state index is -0.959. The van der Waals surface area contributed by atoms with Gasteiger partial charge in [-0.1, -0.05) is 32.1 Å². The van der Waals surface area contributed by atoms with Crippen LogP contribution in [0.4, 0.5) is 0 Å². The van der Waals surface area contributed by atoms with E-state index < -0.39 is 11.2 Å². The number of rotatable bonds is 9. The quantitative estimate of drug-likeness (QED) is 0.511. The van der Waals surface area contributed by atoms with Gasteiger partial charge in [-0.05, 0) is 51.5 Å². The van der Waals surface area contributed by atoms with E-state index in [-0.39, 0.29) is 17.7 Å². The molecule has 1 fully saturated rings. The summed E-state index contributed by atoms with van der Waals surface area (Å²) in [5, 5.41) is 10.5. The van der Waals surface area contributed by atoms with Crippen LogP contribution in [0.15, 0.2) is 24.3 Å². The van der Waals surface area contributed by atoms with Crippen LogP contribution in [-0.2, 0) is 14.3 Å².